The van der Waals surface area contributed by atoms with Gasteiger partial charge in [0.2, 0.25) is 11.9 Å². The third kappa shape index (κ3) is 5.23. The van der Waals surface area contributed by atoms with Crippen molar-refractivity contribution >= 4 is 11.9 Å². The molecule has 1 aromatic heterocycles. The van der Waals surface area contributed by atoms with Gasteiger partial charge in [0, 0.05) is 13.7 Å². The van der Waals surface area contributed by atoms with Crippen molar-refractivity contribution < 1.29 is 9.47 Å². The zero-order valence-electron chi connectivity index (χ0n) is 12.0. The highest BCUT2D eigenvalue weighted by molar-refractivity contribution is 5.35. The number of nitrogens with two attached hydrogens (primary N) is 1. The first-order chi connectivity index (χ1) is 8.86. The molecule has 8 nitrogen and oxygen atoms in total. The minimum absolute atomic E-state index is 0.0312. The van der Waals surface area contributed by atoms with Crippen molar-refractivity contribution in [3.8, 4) is 6.01 Å². The van der Waals surface area contributed by atoms with Crippen LogP contribution in [-0.2, 0) is 4.74 Å². The van der Waals surface area contributed by atoms with E-state index in [1.807, 2.05) is 27.7 Å². The fourth-order valence-electron chi connectivity index (χ4n) is 1.13. The number of methoxy groups -OCH3 is 1. The monoisotopic (exact) mass is 270 g/mol. The summed E-state index contributed by atoms with van der Waals surface area (Å²) < 4.78 is 10.7. The molecule has 0 spiro atoms. The van der Waals surface area contributed by atoms with Crippen LogP contribution in [-0.4, -0.2) is 40.3 Å². The van der Waals surface area contributed by atoms with Crippen LogP contribution in [0, 0.1) is 0 Å². The van der Waals surface area contributed by atoms with Gasteiger partial charge in [0.05, 0.1) is 11.7 Å². The van der Waals surface area contributed by atoms with Crippen molar-refractivity contribution in [2.24, 2.45) is 5.84 Å². The number of nitrogen functional groups attached to an aromatic ring is 1. The van der Waals surface area contributed by atoms with E-state index < -0.39 is 0 Å². The predicted octanol–water partition coefficient (Wildman–Crippen LogP) is 0.781. The van der Waals surface area contributed by atoms with Gasteiger partial charge in [-0.3, -0.25) is 5.43 Å². The van der Waals surface area contributed by atoms with Gasteiger partial charge in [-0.15, -0.1) is 0 Å². The summed E-state index contributed by atoms with van der Waals surface area (Å²) in [5, 5.41) is 3.06. The highest BCUT2D eigenvalue weighted by Crippen LogP contribution is 2.14. The molecule has 0 atom stereocenters. The first kappa shape index (κ1) is 15.4. The van der Waals surface area contributed by atoms with E-state index in [-0.39, 0.29) is 23.7 Å². The largest absolute Gasteiger partial charge is 0.461 e. The molecule has 0 aliphatic rings. The van der Waals surface area contributed by atoms with Crippen molar-refractivity contribution in [2.45, 2.75) is 39.4 Å². The van der Waals surface area contributed by atoms with Crippen molar-refractivity contribution in [2.75, 3.05) is 24.4 Å². The van der Waals surface area contributed by atoms with Gasteiger partial charge in [-0.2, -0.15) is 15.0 Å². The van der Waals surface area contributed by atoms with Crippen LogP contribution in [0.4, 0.5) is 11.9 Å². The van der Waals surface area contributed by atoms with Gasteiger partial charge in [0.25, 0.3) is 0 Å². The normalized spacial score (nSPS) is 11.5. The van der Waals surface area contributed by atoms with Crippen LogP contribution < -0.4 is 21.3 Å². The Morgan fingerprint density at radius 2 is 1.84 bits per heavy atom. The third-order valence-corrected chi connectivity index (χ3v) is 2.31. The molecule has 1 rings (SSSR count). The molecule has 19 heavy (non-hydrogen) atoms. The lowest BCUT2D eigenvalue weighted by atomic mass is 10.1. The maximum atomic E-state index is 5.43. The smallest absolute Gasteiger partial charge is 0.323 e. The molecular weight excluding hydrogens is 248 g/mol. The van der Waals surface area contributed by atoms with E-state index in [0.717, 1.165) is 0 Å². The van der Waals surface area contributed by atoms with Gasteiger partial charge in [-0.25, -0.2) is 5.84 Å². The van der Waals surface area contributed by atoms with Gasteiger partial charge < -0.3 is 14.8 Å². The first-order valence-electron chi connectivity index (χ1n) is 6.04. The van der Waals surface area contributed by atoms with Gasteiger partial charge in [-0.05, 0) is 27.7 Å². The molecular formula is C11H22N6O2. The summed E-state index contributed by atoms with van der Waals surface area (Å²) in [6, 6.07) is 0.218. The van der Waals surface area contributed by atoms with Crippen LogP contribution in [0.15, 0.2) is 0 Å². The number of hydrazine groups is 1. The molecule has 1 aromatic rings. The van der Waals surface area contributed by atoms with E-state index in [4.69, 9.17) is 15.3 Å². The van der Waals surface area contributed by atoms with Crippen LogP contribution in [0.1, 0.15) is 27.7 Å². The lowest BCUT2D eigenvalue weighted by Gasteiger charge is -2.23. The second kappa shape index (κ2) is 6.48. The Balaban J connectivity index is 2.82. The number of ether oxygens (including phenoxy) is 2. The molecule has 0 amide bonds. The zero-order chi connectivity index (χ0) is 14.5. The maximum absolute atomic E-state index is 5.43. The summed E-state index contributed by atoms with van der Waals surface area (Å²) in [5.74, 6) is 5.93. The molecule has 0 saturated carbocycles. The third-order valence-electron chi connectivity index (χ3n) is 2.31. The quantitative estimate of drug-likeness (QED) is 0.493. The Hall–Kier alpha value is -1.67. The Kier molecular flexibility index (Phi) is 5.25. The number of hydrogen-bond acceptors (Lipinski definition) is 8. The second-order valence-corrected chi connectivity index (χ2v) is 4.89. The molecule has 0 saturated heterocycles. The lowest BCUT2D eigenvalue weighted by Crippen LogP contribution is -2.32. The Morgan fingerprint density at radius 1 is 1.21 bits per heavy atom. The molecule has 0 radical (unpaired) electrons. The zero-order valence-corrected chi connectivity index (χ0v) is 12.0. The molecule has 108 valence electrons. The molecule has 0 unspecified atom stereocenters. The summed E-state index contributed by atoms with van der Waals surface area (Å²) >= 11 is 0. The maximum Gasteiger partial charge on any atom is 0.323 e. The van der Waals surface area contributed by atoms with E-state index in [1.165, 1.54) is 0 Å². The fourth-order valence-corrected chi connectivity index (χ4v) is 1.13. The molecule has 8 heteroatoms. The number of nitrogens with one attached hydrogen (secondary N) is 2. The fraction of sp³-hybridized carbons (Fsp3) is 0.727. The minimum atomic E-state index is -0.331. The van der Waals surface area contributed by atoms with E-state index in [2.05, 4.69) is 25.7 Å². The number of anilines is 2. The number of hydrogen-bond donors (Lipinski definition) is 3. The number of aromatic nitrogens is 3. The van der Waals surface area contributed by atoms with Crippen LogP contribution in [0.25, 0.3) is 0 Å². The van der Waals surface area contributed by atoms with E-state index in [1.54, 1.807) is 7.11 Å². The lowest BCUT2D eigenvalue weighted by molar-refractivity contribution is 0.0342. The standard InChI is InChI=1S/C11H22N6O2/c1-7(2)19-10-15-8(14-9(16-10)17-12)13-6-11(3,4)18-5/h7H,6,12H2,1-5H3,(H2,13,14,15,16,17). The van der Waals surface area contributed by atoms with E-state index >= 15 is 0 Å². The van der Waals surface area contributed by atoms with E-state index in [9.17, 15) is 0 Å². The SMILES string of the molecule is COC(C)(C)CNc1nc(NN)nc(OC(C)C)n1. The summed E-state index contributed by atoms with van der Waals surface area (Å²) in [5.41, 5.74) is 2.05. The van der Waals surface area contributed by atoms with Crippen LogP contribution in [0.5, 0.6) is 6.01 Å². The van der Waals surface area contributed by atoms with Crippen molar-refractivity contribution in [3.05, 3.63) is 0 Å². The molecule has 0 bridgehead atoms. The van der Waals surface area contributed by atoms with Crippen LogP contribution in [0.2, 0.25) is 0 Å². The van der Waals surface area contributed by atoms with Gasteiger partial charge >= 0.3 is 6.01 Å². The van der Waals surface area contributed by atoms with Crippen LogP contribution >= 0.6 is 0 Å². The molecule has 0 aliphatic heterocycles. The highest BCUT2D eigenvalue weighted by atomic mass is 16.5. The van der Waals surface area contributed by atoms with Crippen molar-refractivity contribution in [1.82, 2.24) is 15.0 Å². The highest BCUT2D eigenvalue weighted by Gasteiger charge is 2.17. The average molecular weight is 270 g/mol. The number of nitrogens with zero attached hydrogens (tertiary/aromatic N) is 3. The van der Waals surface area contributed by atoms with Crippen LogP contribution in [0.3, 0.4) is 0 Å². The Morgan fingerprint density at radius 3 is 2.37 bits per heavy atom. The summed E-state index contributed by atoms with van der Waals surface area (Å²) in [7, 11) is 1.65. The summed E-state index contributed by atoms with van der Waals surface area (Å²) in [4.78, 5) is 12.2. The average Bonchev–Trinajstić information content (AvgIpc) is 2.35. The van der Waals surface area contributed by atoms with Gasteiger partial charge in [-0.1, -0.05) is 0 Å². The molecule has 1 heterocycles. The Bertz CT molecular complexity index is 410. The summed E-state index contributed by atoms with van der Waals surface area (Å²) in [6.07, 6.45) is -0.0312. The molecule has 0 aliphatic carbocycles. The summed E-state index contributed by atoms with van der Waals surface area (Å²) in [6.45, 7) is 8.23. The molecule has 4 N–H and O–H groups in total. The van der Waals surface area contributed by atoms with E-state index in [0.29, 0.717) is 12.5 Å². The molecule has 0 aromatic carbocycles. The number of rotatable bonds is 7. The predicted molar refractivity (Wildman–Crippen MR) is 73.0 cm³/mol. The first-order valence-corrected chi connectivity index (χ1v) is 6.04. The van der Waals surface area contributed by atoms with Crippen molar-refractivity contribution in [3.63, 3.8) is 0 Å². The topological polar surface area (TPSA) is 107 Å². The molecule has 0 fully saturated rings. The van der Waals surface area contributed by atoms with Gasteiger partial charge in [0.15, 0.2) is 0 Å². The Labute approximate surface area is 113 Å². The minimum Gasteiger partial charge on any atom is -0.461 e. The van der Waals surface area contributed by atoms with Gasteiger partial charge in [0.1, 0.15) is 0 Å². The van der Waals surface area contributed by atoms with Crippen molar-refractivity contribution in [1.29, 1.82) is 0 Å². The second-order valence-electron chi connectivity index (χ2n) is 4.89.